The Kier molecular flexibility index (Phi) is 3.54. The second-order valence-corrected chi connectivity index (χ2v) is 5.57. The molecular formula is C13H16BrNO2. The monoisotopic (exact) mass is 297 g/mol. The molecule has 0 aromatic heterocycles. The van der Waals surface area contributed by atoms with E-state index in [0.717, 1.165) is 29.3 Å². The first-order valence-corrected chi connectivity index (χ1v) is 6.58. The zero-order chi connectivity index (χ0) is 12.5. The van der Waals surface area contributed by atoms with Crippen LogP contribution in [-0.4, -0.2) is 17.6 Å². The highest BCUT2D eigenvalue weighted by atomic mass is 79.9. The van der Waals surface area contributed by atoms with Crippen molar-refractivity contribution in [1.82, 2.24) is 0 Å². The first kappa shape index (κ1) is 12.6. The van der Waals surface area contributed by atoms with Crippen LogP contribution in [0, 0.1) is 5.41 Å². The number of carboxylic acid groups (broad SMARTS) is 1. The maximum Gasteiger partial charge on any atom is 0.310 e. The van der Waals surface area contributed by atoms with E-state index in [-0.39, 0.29) is 5.92 Å². The number of benzene rings is 1. The predicted molar refractivity (Wildman–Crippen MR) is 69.9 cm³/mol. The van der Waals surface area contributed by atoms with Crippen molar-refractivity contribution in [2.75, 3.05) is 6.54 Å². The molecule has 2 rings (SSSR count). The zero-order valence-corrected chi connectivity index (χ0v) is 11.1. The van der Waals surface area contributed by atoms with Crippen LogP contribution in [0.5, 0.6) is 0 Å². The van der Waals surface area contributed by atoms with Crippen LogP contribution < -0.4 is 5.73 Å². The molecule has 1 aromatic carbocycles. The van der Waals surface area contributed by atoms with E-state index in [4.69, 9.17) is 5.73 Å². The molecule has 3 nitrogen and oxygen atoms in total. The minimum atomic E-state index is -0.709. The van der Waals surface area contributed by atoms with E-state index in [1.54, 1.807) is 0 Å². The first-order chi connectivity index (χ1) is 8.10. The van der Waals surface area contributed by atoms with E-state index in [1.807, 2.05) is 24.3 Å². The highest BCUT2D eigenvalue weighted by Gasteiger charge is 2.50. The Morgan fingerprint density at radius 1 is 1.53 bits per heavy atom. The summed E-state index contributed by atoms with van der Waals surface area (Å²) >= 11 is 3.42. The maximum absolute atomic E-state index is 11.5. The summed E-state index contributed by atoms with van der Waals surface area (Å²) in [5, 5.41) is 9.45. The normalized spacial score (nSPS) is 19.4. The third-order valence-corrected chi connectivity index (χ3v) is 4.32. The molecule has 3 N–H and O–H groups in total. The lowest BCUT2D eigenvalue weighted by Crippen LogP contribution is -2.45. The average molecular weight is 298 g/mol. The third kappa shape index (κ3) is 2.11. The molecule has 1 atom stereocenters. The summed E-state index contributed by atoms with van der Waals surface area (Å²) in [7, 11) is 0. The number of carbonyl (C=O) groups is 1. The number of aliphatic carboxylic acids is 1. The minimum Gasteiger partial charge on any atom is -0.481 e. The SMILES string of the molecule is NCC(c1cccc(Br)c1)C1(C(=O)O)CCC1. The molecule has 0 aliphatic heterocycles. The van der Waals surface area contributed by atoms with Gasteiger partial charge in [0.15, 0.2) is 0 Å². The Morgan fingerprint density at radius 2 is 2.24 bits per heavy atom. The van der Waals surface area contributed by atoms with Gasteiger partial charge in [-0.05, 0) is 30.5 Å². The van der Waals surface area contributed by atoms with Crippen LogP contribution in [0.15, 0.2) is 28.7 Å². The van der Waals surface area contributed by atoms with Crippen LogP contribution in [0.25, 0.3) is 0 Å². The predicted octanol–water partition coefficient (Wildman–Crippen LogP) is 2.75. The fraction of sp³-hybridized carbons (Fsp3) is 0.462. The summed E-state index contributed by atoms with van der Waals surface area (Å²) in [5.74, 6) is -0.801. The molecule has 92 valence electrons. The summed E-state index contributed by atoms with van der Waals surface area (Å²) in [6, 6.07) is 7.80. The average Bonchev–Trinajstić information content (AvgIpc) is 2.22. The molecule has 17 heavy (non-hydrogen) atoms. The second-order valence-electron chi connectivity index (χ2n) is 4.66. The summed E-state index contributed by atoms with van der Waals surface area (Å²) in [4.78, 5) is 11.5. The van der Waals surface area contributed by atoms with Crippen LogP contribution >= 0.6 is 15.9 Å². The molecule has 0 amide bonds. The van der Waals surface area contributed by atoms with Gasteiger partial charge < -0.3 is 10.8 Å². The standard InChI is InChI=1S/C13H16BrNO2/c14-10-4-1-3-9(7-10)11(8-15)13(12(16)17)5-2-6-13/h1,3-4,7,11H,2,5-6,8,15H2,(H,16,17). The molecule has 1 aromatic rings. The minimum absolute atomic E-state index is 0.0914. The second kappa shape index (κ2) is 4.78. The van der Waals surface area contributed by atoms with Crippen molar-refractivity contribution in [3.63, 3.8) is 0 Å². The van der Waals surface area contributed by atoms with Crippen molar-refractivity contribution in [1.29, 1.82) is 0 Å². The molecule has 1 saturated carbocycles. The molecule has 0 saturated heterocycles. The van der Waals surface area contributed by atoms with Gasteiger partial charge in [-0.25, -0.2) is 0 Å². The molecular weight excluding hydrogens is 282 g/mol. The summed E-state index contributed by atoms with van der Waals surface area (Å²) in [6.07, 6.45) is 2.45. The maximum atomic E-state index is 11.5. The Morgan fingerprint density at radius 3 is 2.65 bits per heavy atom. The van der Waals surface area contributed by atoms with Gasteiger partial charge in [0.05, 0.1) is 5.41 Å². The quantitative estimate of drug-likeness (QED) is 0.898. The molecule has 1 aliphatic carbocycles. The van der Waals surface area contributed by atoms with Gasteiger partial charge in [0.1, 0.15) is 0 Å². The number of hydrogen-bond acceptors (Lipinski definition) is 2. The number of halogens is 1. The summed E-state index contributed by atoms with van der Waals surface area (Å²) in [5.41, 5.74) is 6.18. The van der Waals surface area contributed by atoms with Gasteiger partial charge in [-0.1, -0.05) is 34.5 Å². The van der Waals surface area contributed by atoms with Crippen molar-refractivity contribution >= 4 is 21.9 Å². The van der Waals surface area contributed by atoms with Gasteiger partial charge in [-0.3, -0.25) is 4.79 Å². The van der Waals surface area contributed by atoms with E-state index in [9.17, 15) is 9.90 Å². The van der Waals surface area contributed by atoms with Gasteiger partial charge >= 0.3 is 5.97 Å². The number of nitrogens with two attached hydrogens (primary N) is 1. The molecule has 0 radical (unpaired) electrons. The lowest BCUT2D eigenvalue weighted by Gasteiger charge is -2.44. The molecule has 0 spiro atoms. The molecule has 1 fully saturated rings. The number of rotatable bonds is 4. The van der Waals surface area contributed by atoms with Gasteiger partial charge in [0, 0.05) is 16.9 Å². The fourth-order valence-corrected chi connectivity index (χ4v) is 3.09. The van der Waals surface area contributed by atoms with E-state index in [2.05, 4.69) is 15.9 Å². The topological polar surface area (TPSA) is 63.3 Å². The van der Waals surface area contributed by atoms with Crippen molar-refractivity contribution in [3.05, 3.63) is 34.3 Å². The summed E-state index contributed by atoms with van der Waals surface area (Å²) < 4.78 is 0.966. The third-order valence-electron chi connectivity index (χ3n) is 3.83. The van der Waals surface area contributed by atoms with Crippen molar-refractivity contribution in [2.24, 2.45) is 11.1 Å². The van der Waals surface area contributed by atoms with Gasteiger partial charge in [-0.15, -0.1) is 0 Å². The van der Waals surface area contributed by atoms with Crippen LogP contribution in [-0.2, 0) is 4.79 Å². The molecule has 4 heteroatoms. The van der Waals surface area contributed by atoms with E-state index >= 15 is 0 Å². The zero-order valence-electron chi connectivity index (χ0n) is 9.53. The van der Waals surface area contributed by atoms with E-state index in [1.165, 1.54) is 0 Å². The first-order valence-electron chi connectivity index (χ1n) is 5.79. The van der Waals surface area contributed by atoms with Crippen molar-refractivity contribution in [3.8, 4) is 0 Å². The van der Waals surface area contributed by atoms with Crippen molar-refractivity contribution < 1.29 is 9.90 Å². The van der Waals surface area contributed by atoms with Crippen LogP contribution in [0.1, 0.15) is 30.7 Å². The molecule has 1 unspecified atom stereocenters. The fourth-order valence-electron chi connectivity index (χ4n) is 2.67. The number of carboxylic acids is 1. The van der Waals surface area contributed by atoms with Crippen molar-refractivity contribution in [2.45, 2.75) is 25.2 Å². The molecule has 0 heterocycles. The van der Waals surface area contributed by atoms with Crippen LogP contribution in [0.4, 0.5) is 0 Å². The lowest BCUT2D eigenvalue weighted by atomic mass is 9.59. The smallest absolute Gasteiger partial charge is 0.310 e. The Hall–Kier alpha value is -0.870. The van der Waals surface area contributed by atoms with Gasteiger partial charge in [0.25, 0.3) is 0 Å². The Balaban J connectivity index is 2.36. The van der Waals surface area contributed by atoms with E-state index < -0.39 is 11.4 Å². The lowest BCUT2D eigenvalue weighted by molar-refractivity contribution is -0.156. The van der Waals surface area contributed by atoms with Gasteiger partial charge in [-0.2, -0.15) is 0 Å². The molecule has 0 bridgehead atoms. The van der Waals surface area contributed by atoms with E-state index in [0.29, 0.717) is 6.54 Å². The highest BCUT2D eigenvalue weighted by Crippen LogP contribution is 2.51. The number of hydrogen-bond donors (Lipinski definition) is 2. The highest BCUT2D eigenvalue weighted by molar-refractivity contribution is 9.10. The Labute approximate surface area is 109 Å². The van der Waals surface area contributed by atoms with Crippen LogP contribution in [0.2, 0.25) is 0 Å². The van der Waals surface area contributed by atoms with Crippen LogP contribution in [0.3, 0.4) is 0 Å². The van der Waals surface area contributed by atoms with Gasteiger partial charge in [0.2, 0.25) is 0 Å². The largest absolute Gasteiger partial charge is 0.481 e. The summed E-state index contributed by atoms with van der Waals surface area (Å²) in [6.45, 7) is 0.378. The Bertz CT molecular complexity index is 429. The molecule has 1 aliphatic rings.